The number of aliphatic carboxylic acids is 1. The van der Waals surface area contributed by atoms with Gasteiger partial charge in [0.15, 0.2) is 0 Å². The zero-order valence-corrected chi connectivity index (χ0v) is 16.0. The number of hydrogen-bond acceptors (Lipinski definition) is 4. The Kier molecular flexibility index (Phi) is 7.45. The molecule has 1 heterocycles. The second-order valence-electron chi connectivity index (χ2n) is 6.94. The predicted molar refractivity (Wildman–Crippen MR) is 101 cm³/mol. The van der Waals surface area contributed by atoms with E-state index in [1.807, 2.05) is 48.8 Å². The number of hydrogen-bond donors (Lipinski definition) is 1. The van der Waals surface area contributed by atoms with Gasteiger partial charge in [-0.05, 0) is 50.4 Å². The van der Waals surface area contributed by atoms with E-state index in [-0.39, 0.29) is 18.5 Å². The predicted octanol–water partition coefficient (Wildman–Crippen LogP) is 2.47. The number of carboxylic acids is 1. The van der Waals surface area contributed by atoms with Gasteiger partial charge in [0.2, 0.25) is 5.91 Å². The monoisotopic (exact) mass is 362 g/mol. The molecule has 1 amide bonds. The van der Waals surface area contributed by atoms with Gasteiger partial charge in [0, 0.05) is 19.1 Å². The number of likely N-dealkylation sites (N-methyl/N-ethyl adjacent to an activating group) is 1. The average molecular weight is 362 g/mol. The summed E-state index contributed by atoms with van der Waals surface area (Å²) in [5.41, 5.74) is 2.21. The first-order valence-electron chi connectivity index (χ1n) is 9.34. The van der Waals surface area contributed by atoms with E-state index in [4.69, 9.17) is 9.84 Å². The lowest BCUT2D eigenvalue weighted by atomic mass is 10.0. The first-order valence-corrected chi connectivity index (χ1v) is 9.34. The molecule has 0 unspecified atom stereocenters. The summed E-state index contributed by atoms with van der Waals surface area (Å²) in [5.74, 6) is 0.146. The highest BCUT2D eigenvalue weighted by Crippen LogP contribution is 2.20. The molecule has 1 aliphatic rings. The maximum atomic E-state index is 12.4. The third kappa shape index (κ3) is 5.73. The van der Waals surface area contributed by atoms with Gasteiger partial charge in [-0.15, -0.1) is 0 Å². The summed E-state index contributed by atoms with van der Waals surface area (Å²) >= 11 is 0. The van der Waals surface area contributed by atoms with Crippen molar-refractivity contribution in [3.05, 3.63) is 29.3 Å². The minimum atomic E-state index is -0.797. The molecule has 0 aliphatic carbocycles. The van der Waals surface area contributed by atoms with Crippen molar-refractivity contribution in [2.45, 2.75) is 46.1 Å². The van der Waals surface area contributed by atoms with Crippen LogP contribution in [-0.4, -0.2) is 65.6 Å². The molecule has 0 bridgehead atoms. The molecule has 0 saturated carbocycles. The van der Waals surface area contributed by atoms with Crippen molar-refractivity contribution in [1.82, 2.24) is 9.80 Å². The molecule has 2 rings (SSSR count). The number of rotatable bonds is 8. The zero-order valence-electron chi connectivity index (χ0n) is 16.0. The van der Waals surface area contributed by atoms with Gasteiger partial charge >= 0.3 is 5.97 Å². The van der Waals surface area contributed by atoms with Gasteiger partial charge in [-0.1, -0.05) is 19.1 Å². The summed E-state index contributed by atoms with van der Waals surface area (Å²) in [7, 11) is 0. The lowest BCUT2D eigenvalue weighted by molar-refractivity contribution is -0.140. The van der Waals surface area contributed by atoms with Gasteiger partial charge in [-0.3, -0.25) is 14.5 Å². The molecule has 1 N–H and O–H groups in total. The minimum Gasteiger partial charge on any atom is -0.493 e. The molecule has 1 aliphatic heterocycles. The molecule has 144 valence electrons. The number of carbonyl (C=O) groups is 2. The van der Waals surface area contributed by atoms with Crippen molar-refractivity contribution < 1.29 is 19.4 Å². The minimum absolute atomic E-state index is 0.0683. The summed E-state index contributed by atoms with van der Waals surface area (Å²) < 4.78 is 5.78. The number of carboxylic acid groups (broad SMARTS) is 1. The maximum Gasteiger partial charge on any atom is 0.317 e. The van der Waals surface area contributed by atoms with E-state index in [1.165, 1.54) is 0 Å². The number of ether oxygens (including phenoxy) is 1. The Balaban J connectivity index is 1.76. The Morgan fingerprint density at radius 2 is 1.96 bits per heavy atom. The van der Waals surface area contributed by atoms with Crippen LogP contribution in [0.15, 0.2) is 18.2 Å². The van der Waals surface area contributed by atoms with Crippen molar-refractivity contribution >= 4 is 11.9 Å². The second-order valence-corrected chi connectivity index (χ2v) is 6.94. The smallest absolute Gasteiger partial charge is 0.317 e. The highest BCUT2D eigenvalue weighted by molar-refractivity contribution is 5.76. The van der Waals surface area contributed by atoms with Crippen molar-refractivity contribution in [1.29, 1.82) is 0 Å². The van der Waals surface area contributed by atoms with Gasteiger partial charge in [0.1, 0.15) is 5.75 Å². The molecule has 1 aromatic carbocycles. The molecule has 1 aromatic rings. The molecule has 0 atom stereocenters. The van der Waals surface area contributed by atoms with Crippen molar-refractivity contribution in [3.8, 4) is 5.75 Å². The molecular weight excluding hydrogens is 332 g/mol. The van der Waals surface area contributed by atoms with E-state index in [2.05, 4.69) is 0 Å². The van der Waals surface area contributed by atoms with Gasteiger partial charge in [-0.25, -0.2) is 0 Å². The Morgan fingerprint density at radius 3 is 2.58 bits per heavy atom. The molecule has 26 heavy (non-hydrogen) atoms. The molecule has 1 saturated heterocycles. The van der Waals surface area contributed by atoms with Crippen molar-refractivity contribution in [2.24, 2.45) is 0 Å². The standard InChI is InChI=1S/C20H30N2O4/c1-4-21(14-20(24)25)17-7-10-22(11-8-17)19(23)9-12-26-18-13-15(2)5-6-16(18)3/h5-6,13,17H,4,7-12,14H2,1-3H3,(H,24,25). The summed E-state index contributed by atoms with van der Waals surface area (Å²) in [6.07, 6.45) is 2.01. The SMILES string of the molecule is CCN(CC(=O)O)C1CCN(C(=O)CCOc2cc(C)ccc2C)CC1. The van der Waals surface area contributed by atoms with Crippen LogP contribution in [0.5, 0.6) is 5.75 Å². The molecule has 0 radical (unpaired) electrons. The van der Waals surface area contributed by atoms with Gasteiger partial charge in [0.05, 0.1) is 19.6 Å². The Bertz CT molecular complexity index is 624. The summed E-state index contributed by atoms with van der Waals surface area (Å²) in [5, 5.41) is 8.99. The van der Waals surface area contributed by atoms with Crippen LogP contribution in [0.4, 0.5) is 0 Å². The largest absolute Gasteiger partial charge is 0.493 e. The van der Waals surface area contributed by atoms with Crippen LogP contribution in [0.3, 0.4) is 0 Å². The number of aryl methyl sites for hydroxylation is 2. The summed E-state index contributed by atoms with van der Waals surface area (Å²) in [6, 6.07) is 6.30. The second kappa shape index (κ2) is 9.57. The molecular formula is C20H30N2O4. The quantitative estimate of drug-likeness (QED) is 0.769. The molecule has 6 heteroatoms. The first kappa shape index (κ1) is 20.2. The van der Waals surface area contributed by atoms with Crippen molar-refractivity contribution in [2.75, 3.05) is 32.8 Å². The number of likely N-dealkylation sites (tertiary alicyclic amines) is 1. The Morgan fingerprint density at radius 1 is 1.27 bits per heavy atom. The summed E-state index contributed by atoms with van der Waals surface area (Å²) in [4.78, 5) is 27.2. The van der Waals surface area contributed by atoms with E-state index in [9.17, 15) is 9.59 Å². The third-order valence-electron chi connectivity index (χ3n) is 5.00. The van der Waals surface area contributed by atoms with E-state index in [0.29, 0.717) is 32.7 Å². The highest BCUT2D eigenvalue weighted by atomic mass is 16.5. The van der Waals surface area contributed by atoms with E-state index < -0.39 is 5.97 Å². The maximum absolute atomic E-state index is 12.4. The lowest BCUT2D eigenvalue weighted by Crippen LogP contribution is -2.48. The van der Waals surface area contributed by atoms with E-state index >= 15 is 0 Å². The van der Waals surface area contributed by atoms with Crippen LogP contribution >= 0.6 is 0 Å². The third-order valence-corrected chi connectivity index (χ3v) is 5.00. The number of piperidine rings is 1. The highest BCUT2D eigenvalue weighted by Gasteiger charge is 2.27. The van der Waals surface area contributed by atoms with Crippen LogP contribution in [0.2, 0.25) is 0 Å². The Hall–Kier alpha value is -2.08. The van der Waals surface area contributed by atoms with Gasteiger partial charge in [0.25, 0.3) is 0 Å². The van der Waals surface area contributed by atoms with Gasteiger partial charge in [-0.2, -0.15) is 0 Å². The fourth-order valence-electron chi connectivity index (χ4n) is 3.42. The number of carbonyl (C=O) groups excluding carboxylic acids is 1. The number of amides is 1. The van der Waals surface area contributed by atoms with Crippen LogP contribution in [0, 0.1) is 13.8 Å². The van der Waals surface area contributed by atoms with Gasteiger partial charge < -0.3 is 14.7 Å². The zero-order chi connectivity index (χ0) is 19.1. The topological polar surface area (TPSA) is 70.1 Å². The van der Waals surface area contributed by atoms with Crippen LogP contribution < -0.4 is 4.74 Å². The lowest BCUT2D eigenvalue weighted by Gasteiger charge is -2.37. The molecule has 6 nitrogen and oxygen atoms in total. The van der Waals surface area contributed by atoms with Crippen molar-refractivity contribution in [3.63, 3.8) is 0 Å². The van der Waals surface area contributed by atoms with Crippen LogP contribution in [0.25, 0.3) is 0 Å². The van der Waals surface area contributed by atoms with Crippen LogP contribution in [0.1, 0.15) is 37.3 Å². The fraction of sp³-hybridized carbons (Fsp3) is 0.600. The number of benzene rings is 1. The number of nitrogens with zero attached hydrogens (tertiary/aromatic N) is 2. The molecule has 0 aromatic heterocycles. The van der Waals surface area contributed by atoms with E-state index in [1.54, 1.807) is 0 Å². The first-order chi connectivity index (χ1) is 12.4. The van der Waals surface area contributed by atoms with Crippen LogP contribution in [-0.2, 0) is 9.59 Å². The fourth-order valence-corrected chi connectivity index (χ4v) is 3.42. The van der Waals surface area contributed by atoms with E-state index in [0.717, 1.165) is 29.7 Å². The Labute approximate surface area is 155 Å². The molecule has 1 fully saturated rings. The average Bonchev–Trinajstić information content (AvgIpc) is 2.62. The normalized spacial score (nSPS) is 15.3. The summed E-state index contributed by atoms with van der Waals surface area (Å²) in [6.45, 7) is 8.53. The molecule has 0 spiro atoms.